The predicted octanol–water partition coefficient (Wildman–Crippen LogP) is 3.24. The molecule has 0 radical (unpaired) electrons. The van der Waals surface area contributed by atoms with Crippen LogP contribution in [0.5, 0.6) is 11.8 Å². The van der Waals surface area contributed by atoms with Crippen LogP contribution in [0.1, 0.15) is 19.5 Å². The molecule has 0 aliphatic carbocycles. The lowest BCUT2D eigenvalue weighted by Crippen LogP contribution is -2.21. The van der Waals surface area contributed by atoms with Gasteiger partial charge in [-0.3, -0.25) is 0 Å². The Hall–Kier alpha value is -1.95. The minimum Gasteiger partial charge on any atom is -0.417 e. The smallest absolute Gasteiger partial charge is 0.399 e. The molecule has 0 bridgehead atoms. The predicted molar refractivity (Wildman–Crippen MR) is 64.9 cm³/mol. The molecule has 1 aromatic carbocycles. The molecular formula is C13H14F2N2O2. The molecule has 0 spiro atoms. The van der Waals surface area contributed by atoms with E-state index in [1.807, 2.05) is 13.8 Å². The van der Waals surface area contributed by atoms with E-state index in [2.05, 4.69) is 10.3 Å². The van der Waals surface area contributed by atoms with E-state index in [0.29, 0.717) is 18.3 Å². The second kappa shape index (κ2) is 5.79. The zero-order valence-corrected chi connectivity index (χ0v) is 10.6. The van der Waals surface area contributed by atoms with Gasteiger partial charge in [0.05, 0.1) is 5.69 Å². The van der Waals surface area contributed by atoms with Gasteiger partial charge in [0.25, 0.3) is 0 Å². The van der Waals surface area contributed by atoms with Crippen molar-refractivity contribution >= 4 is 0 Å². The van der Waals surface area contributed by atoms with Crippen molar-refractivity contribution in [1.29, 1.82) is 0 Å². The van der Waals surface area contributed by atoms with E-state index in [4.69, 9.17) is 9.15 Å². The van der Waals surface area contributed by atoms with E-state index in [1.54, 1.807) is 0 Å². The maximum Gasteiger partial charge on any atom is 0.399 e. The maximum absolute atomic E-state index is 13.0. The number of halogens is 2. The monoisotopic (exact) mass is 268 g/mol. The highest BCUT2D eigenvalue weighted by atomic mass is 19.2. The van der Waals surface area contributed by atoms with Crippen LogP contribution >= 0.6 is 0 Å². The Bertz CT molecular complexity index is 555. The van der Waals surface area contributed by atoms with Crippen molar-refractivity contribution in [3.05, 3.63) is 41.8 Å². The van der Waals surface area contributed by atoms with Crippen LogP contribution in [0.15, 0.2) is 28.9 Å². The number of aromatic nitrogens is 1. The summed E-state index contributed by atoms with van der Waals surface area (Å²) in [6.45, 7) is 4.57. The van der Waals surface area contributed by atoms with Crippen LogP contribution < -0.4 is 10.1 Å². The first-order valence-electron chi connectivity index (χ1n) is 5.85. The largest absolute Gasteiger partial charge is 0.417 e. The highest BCUT2D eigenvalue weighted by Crippen LogP contribution is 2.22. The number of benzene rings is 1. The van der Waals surface area contributed by atoms with Crippen LogP contribution in [0.3, 0.4) is 0 Å². The van der Waals surface area contributed by atoms with E-state index in [0.717, 1.165) is 12.1 Å². The summed E-state index contributed by atoms with van der Waals surface area (Å²) in [5.74, 6) is -1.78. The Morgan fingerprint density at radius 1 is 1.32 bits per heavy atom. The minimum atomic E-state index is -0.981. The Morgan fingerprint density at radius 2 is 2.11 bits per heavy atom. The number of rotatable bonds is 5. The third kappa shape index (κ3) is 3.75. The van der Waals surface area contributed by atoms with Gasteiger partial charge < -0.3 is 14.5 Å². The fourth-order valence-corrected chi connectivity index (χ4v) is 1.37. The Morgan fingerprint density at radius 3 is 2.79 bits per heavy atom. The molecular weight excluding hydrogens is 254 g/mol. The van der Waals surface area contributed by atoms with Gasteiger partial charge >= 0.3 is 6.08 Å². The van der Waals surface area contributed by atoms with Crippen LogP contribution in [0.2, 0.25) is 0 Å². The zero-order chi connectivity index (χ0) is 13.8. The first-order valence-corrected chi connectivity index (χ1v) is 5.85. The summed E-state index contributed by atoms with van der Waals surface area (Å²) in [6, 6.07) is 3.54. The second-order valence-corrected chi connectivity index (χ2v) is 4.32. The molecule has 6 heteroatoms. The van der Waals surface area contributed by atoms with Crippen LogP contribution in [0.4, 0.5) is 8.78 Å². The molecule has 0 atom stereocenters. The van der Waals surface area contributed by atoms with Gasteiger partial charge in [-0.05, 0) is 12.1 Å². The molecule has 0 saturated heterocycles. The number of ether oxygens (including phenoxy) is 1. The second-order valence-electron chi connectivity index (χ2n) is 4.32. The molecule has 0 fully saturated rings. The molecule has 1 heterocycles. The third-order valence-corrected chi connectivity index (χ3v) is 2.32. The molecule has 4 nitrogen and oxygen atoms in total. The van der Waals surface area contributed by atoms with Gasteiger partial charge in [0.15, 0.2) is 11.6 Å². The van der Waals surface area contributed by atoms with Crippen molar-refractivity contribution < 1.29 is 17.9 Å². The lowest BCUT2D eigenvalue weighted by atomic mass is 10.3. The van der Waals surface area contributed by atoms with Crippen LogP contribution in [-0.2, 0) is 6.54 Å². The number of nitrogens with zero attached hydrogens (tertiary/aromatic N) is 1. The van der Waals surface area contributed by atoms with Gasteiger partial charge in [0, 0.05) is 18.7 Å². The molecule has 1 N–H and O–H groups in total. The van der Waals surface area contributed by atoms with Gasteiger partial charge in [0.2, 0.25) is 0 Å². The Balaban J connectivity index is 2.01. The standard InChI is InChI=1S/C13H14F2N2O2/c1-8(2)16-6-9-7-18-13(17-9)19-10-3-4-11(14)12(15)5-10/h3-5,7-8,16H,6H2,1-2H3. The number of hydrogen-bond donors (Lipinski definition) is 1. The van der Waals surface area contributed by atoms with E-state index >= 15 is 0 Å². The number of hydrogen-bond acceptors (Lipinski definition) is 4. The highest BCUT2D eigenvalue weighted by molar-refractivity contribution is 5.25. The Labute approximate surface area is 109 Å². The molecule has 2 rings (SSSR count). The average Bonchev–Trinajstić information content (AvgIpc) is 2.79. The van der Waals surface area contributed by atoms with Crippen molar-refractivity contribution in [1.82, 2.24) is 10.3 Å². The van der Waals surface area contributed by atoms with Gasteiger partial charge in [0.1, 0.15) is 12.0 Å². The van der Waals surface area contributed by atoms with Crippen LogP contribution in [-0.4, -0.2) is 11.0 Å². The fraction of sp³-hybridized carbons (Fsp3) is 0.308. The Kier molecular flexibility index (Phi) is 4.11. The van der Waals surface area contributed by atoms with Gasteiger partial charge in [-0.25, -0.2) is 8.78 Å². The van der Waals surface area contributed by atoms with E-state index in [1.165, 1.54) is 12.3 Å². The van der Waals surface area contributed by atoms with Crippen LogP contribution in [0, 0.1) is 11.6 Å². The van der Waals surface area contributed by atoms with E-state index < -0.39 is 11.6 Å². The first-order chi connectivity index (χ1) is 9.04. The zero-order valence-electron chi connectivity index (χ0n) is 10.6. The summed E-state index contributed by atoms with van der Waals surface area (Å²) in [7, 11) is 0. The molecule has 19 heavy (non-hydrogen) atoms. The molecule has 0 saturated carbocycles. The molecule has 2 aromatic rings. The molecule has 0 amide bonds. The van der Waals surface area contributed by atoms with Gasteiger partial charge in [-0.15, -0.1) is 0 Å². The SMILES string of the molecule is CC(C)NCc1coc(Oc2ccc(F)c(F)c2)n1. The van der Waals surface area contributed by atoms with Gasteiger partial charge in [-0.2, -0.15) is 4.98 Å². The molecule has 0 aliphatic rings. The van der Waals surface area contributed by atoms with Crippen molar-refractivity contribution in [2.24, 2.45) is 0 Å². The van der Waals surface area contributed by atoms with Crippen molar-refractivity contribution in [2.75, 3.05) is 0 Å². The maximum atomic E-state index is 13.0. The lowest BCUT2D eigenvalue weighted by molar-refractivity contribution is 0.328. The van der Waals surface area contributed by atoms with E-state index in [-0.39, 0.29) is 11.8 Å². The highest BCUT2D eigenvalue weighted by Gasteiger charge is 2.09. The average molecular weight is 268 g/mol. The van der Waals surface area contributed by atoms with Gasteiger partial charge in [-0.1, -0.05) is 13.8 Å². The molecule has 0 unspecified atom stereocenters. The summed E-state index contributed by atoms with van der Waals surface area (Å²) in [6.07, 6.45) is 1.44. The molecule has 0 aliphatic heterocycles. The van der Waals surface area contributed by atoms with Crippen molar-refractivity contribution in [3.63, 3.8) is 0 Å². The molecule has 1 aromatic heterocycles. The first kappa shape index (κ1) is 13.5. The quantitative estimate of drug-likeness (QED) is 0.904. The summed E-state index contributed by atoms with van der Waals surface area (Å²) in [5.41, 5.74) is 0.672. The van der Waals surface area contributed by atoms with Crippen molar-refractivity contribution in [2.45, 2.75) is 26.4 Å². The van der Waals surface area contributed by atoms with Crippen molar-refractivity contribution in [3.8, 4) is 11.8 Å². The normalized spacial score (nSPS) is 11.0. The topological polar surface area (TPSA) is 47.3 Å². The summed E-state index contributed by atoms with van der Waals surface area (Å²) >= 11 is 0. The van der Waals surface area contributed by atoms with Crippen LogP contribution in [0.25, 0.3) is 0 Å². The number of oxazole rings is 1. The number of nitrogens with one attached hydrogen (secondary N) is 1. The summed E-state index contributed by atoms with van der Waals surface area (Å²) in [5, 5.41) is 3.17. The van der Waals surface area contributed by atoms with E-state index in [9.17, 15) is 8.78 Å². The third-order valence-electron chi connectivity index (χ3n) is 2.32. The minimum absolute atomic E-state index is 0.00781. The fourth-order valence-electron chi connectivity index (χ4n) is 1.37. The summed E-state index contributed by atoms with van der Waals surface area (Å²) < 4.78 is 36.0. The summed E-state index contributed by atoms with van der Waals surface area (Å²) in [4.78, 5) is 4.06. The lowest BCUT2D eigenvalue weighted by Gasteiger charge is -2.04. The molecule has 102 valence electrons.